The van der Waals surface area contributed by atoms with Crippen LogP contribution in [0.15, 0.2) is 28.1 Å². The number of ketones is 1. The summed E-state index contributed by atoms with van der Waals surface area (Å²) in [7, 11) is 0. The molecule has 0 fully saturated rings. The number of rotatable bonds is 3. The standard InChI is InChI=1S/C12H6BrF3OS/c13-6-1-8(18-5-6)4-11(17)12-9(15)2-7(14)3-10(12)16/h1-3,5H,4H2. The second-order valence-electron chi connectivity index (χ2n) is 3.58. The van der Waals surface area contributed by atoms with Gasteiger partial charge in [-0.25, -0.2) is 13.2 Å². The van der Waals surface area contributed by atoms with Crippen LogP contribution in [-0.4, -0.2) is 5.78 Å². The highest BCUT2D eigenvalue weighted by molar-refractivity contribution is 9.10. The van der Waals surface area contributed by atoms with Gasteiger partial charge in [-0.3, -0.25) is 4.79 Å². The molecule has 1 aromatic heterocycles. The number of thiophene rings is 1. The molecule has 0 bridgehead atoms. The van der Waals surface area contributed by atoms with Crippen LogP contribution in [-0.2, 0) is 6.42 Å². The van der Waals surface area contributed by atoms with Gasteiger partial charge in [0, 0.05) is 33.3 Å². The Kier molecular flexibility index (Phi) is 3.87. The first-order valence-corrected chi connectivity index (χ1v) is 6.55. The molecule has 1 heterocycles. The van der Waals surface area contributed by atoms with E-state index in [4.69, 9.17) is 0 Å². The monoisotopic (exact) mass is 334 g/mol. The van der Waals surface area contributed by atoms with E-state index in [9.17, 15) is 18.0 Å². The molecular formula is C12H6BrF3OS. The summed E-state index contributed by atoms with van der Waals surface area (Å²) < 4.78 is 40.2. The number of hydrogen-bond acceptors (Lipinski definition) is 2. The highest BCUT2D eigenvalue weighted by Crippen LogP contribution is 2.23. The normalized spacial score (nSPS) is 10.7. The molecule has 6 heteroatoms. The van der Waals surface area contributed by atoms with Gasteiger partial charge in [-0.2, -0.15) is 0 Å². The third-order valence-corrected chi connectivity index (χ3v) is 3.94. The fourth-order valence-electron chi connectivity index (χ4n) is 1.50. The van der Waals surface area contributed by atoms with Gasteiger partial charge < -0.3 is 0 Å². The van der Waals surface area contributed by atoms with E-state index in [1.807, 2.05) is 0 Å². The predicted molar refractivity (Wildman–Crippen MR) is 66.4 cm³/mol. The average Bonchev–Trinajstić information content (AvgIpc) is 2.62. The molecule has 0 saturated heterocycles. The van der Waals surface area contributed by atoms with Crippen LogP contribution in [0.25, 0.3) is 0 Å². The van der Waals surface area contributed by atoms with E-state index in [2.05, 4.69) is 15.9 Å². The van der Waals surface area contributed by atoms with Gasteiger partial charge in [-0.1, -0.05) is 0 Å². The molecule has 0 aliphatic heterocycles. The van der Waals surface area contributed by atoms with Crippen molar-refractivity contribution in [1.29, 1.82) is 0 Å². The highest BCUT2D eigenvalue weighted by Gasteiger charge is 2.19. The van der Waals surface area contributed by atoms with Crippen molar-refractivity contribution in [2.75, 3.05) is 0 Å². The quantitative estimate of drug-likeness (QED) is 0.762. The van der Waals surface area contributed by atoms with Crippen molar-refractivity contribution >= 4 is 33.0 Å². The van der Waals surface area contributed by atoms with Gasteiger partial charge in [-0.15, -0.1) is 11.3 Å². The van der Waals surface area contributed by atoms with Gasteiger partial charge in [-0.05, 0) is 22.0 Å². The molecule has 2 aromatic rings. The van der Waals surface area contributed by atoms with E-state index >= 15 is 0 Å². The average molecular weight is 335 g/mol. The lowest BCUT2D eigenvalue weighted by Crippen LogP contribution is -2.09. The fourth-order valence-corrected chi connectivity index (χ4v) is 2.95. The minimum atomic E-state index is -1.17. The van der Waals surface area contributed by atoms with E-state index in [1.54, 1.807) is 11.4 Å². The third-order valence-electron chi connectivity index (χ3n) is 2.24. The molecule has 0 spiro atoms. The lowest BCUT2D eigenvalue weighted by Gasteiger charge is -2.03. The molecular weight excluding hydrogens is 329 g/mol. The van der Waals surface area contributed by atoms with Gasteiger partial charge in [0.05, 0.1) is 5.56 Å². The van der Waals surface area contributed by atoms with Crippen LogP contribution >= 0.6 is 27.3 Å². The fraction of sp³-hybridized carbons (Fsp3) is 0.0833. The molecule has 0 radical (unpaired) electrons. The molecule has 2 rings (SSSR count). The van der Waals surface area contributed by atoms with Gasteiger partial charge in [0.25, 0.3) is 0 Å². The maximum absolute atomic E-state index is 13.4. The van der Waals surface area contributed by atoms with E-state index in [1.165, 1.54) is 11.3 Å². The lowest BCUT2D eigenvalue weighted by molar-refractivity contribution is 0.0985. The number of carbonyl (C=O) groups excluding carboxylic acids is 1. The van der Waals surface area contributed by atoms with Gasteiger partial charge in [0.15, 0.2) is 5.78 Å². The van der Waals surface area contributed by atoms with Crippen molar-refractivity contribution in [3.8, 4) is 0 Å². The Hall–Kier alpha value is -1.14. The second kappa shape index (κ2) is 5.24. The van der Waals surface area contributed by atoms with Crippen LogP contribution in [0.3, 0.4) is 0 Å². The van der Waals surface area contributed by atoms with Crippen LogP contribution in [0.5, 0.6) is 0 Å². The summed E-state index contributed by atoms with van der Waals surface area (Å²) >= 11 is 4.52. The minimum Gasteiger partial charge on any atom is -0.294 e. The number of halogens is 4. The molecule has 1 aromatic carbocycles. The summed E-state index contributed by atoms with van der Waals surface area (Å²) in [5.74, 6) is -4.10. The summed E-state index contributed by atoms with van der Waals surface area (Å²) in [6.07, 6.45) is -0.115. The molecule has 0 N–H and O–H groups in total. The second-order valence-corrected chi connectivity index (χ2v) is 5.49. The number of benzene rings is 1. The maximum atomic E-state index is 13.4. The van der Waals surface area contributed by atoms with Crippen LogP contribution in [0.4, 0.5) is 13.2 Å². The number of hydrogen-bond donors (Lipinski definition) is 0. The zero-order valence-corrected chi connectivity index (χ0v) is 11.2. The van der Waals surface area contributed by atoms with E-state index in [0.717, 1.165) is 4.47 Å². The molecule has 18 heavy (non-hydrogen) atoms. The van der Waals surface area contributed by atoms with E-state index < -0.39 is 28.8 Å². The Morgan fingerprint density at radius 3 is 2.28 bits per heavy atom. The Bertz CT molecular complexity index is 586. The Labute approximate surface area is 113 Å². The summed E-state index contributed by atoms with van der Waals surface area (Å²) in [6.45, 7) is 0. The SMILES string of the molecule is O=C(Cc1cc(Br)cs1)c1c(F)cc(F)cc1F. The zero-order valence-electron chi connectivity index (χ0n) is 8.84. The van der Waals surface area contributed by atoms with Crippen molar-refractivity contribution in [1.82, 2.24) is 0 Å². The van der Waals surface area contributed by atoms with Crippen molar-refractivity contribution in [3.05, 3.63) is 55.9 Å². The van der Waals surface area contributed by atoms with Gasteiger partial charge >= 0.3 is 0 Å². The Morgan fingerprint density at radius 1 is 1.17 bits per heavy atom. The molecule has 0 atom stereocenters. The largest absolute Gasteiger partial charge is 0.294 e. The van der Waals surface area contributed by atoms with Crippen LogP contribution in [0.1, 0.15) is 15.2 Å². The van der Waals surface area contributed by atoms with Gasteiger partial charge in [0.2, 0.25) is 0 Å². The minimum absolute atomic E-state index is 0.115. The Balaban J connectivity index is 2.29. The molecule has 0 aliphatic carbocycles. The van der Waals surface area contributed by atoms with Crippen molar-refractivity contribution in [3.63, 3.8) is 0 Å². The first-order chi connectivity index (χ1) is 8.47. The van der Waals surface area contributed by atoms with E-state index in [0.29, 0.717) is 17.0 Å². The topological polar surface area (TPSA) is 17.1 Å². The summed E-state index contributed by atoms with van der Waals surface area (Å²) in [5.41, 5.74) is -0.694. The van der Waals surface area contributed by atoms with E-state index in [-0.39, 0.29) is 6.42 Å². The predicted octanol–water partition coefficient (Wildman–Crippen LogP) is 4.35. The van der Waals surface area contributed by atoms with Crippen LogP contribution in [0, 0.1) is 17.5 Å². The Morgan fingerprint density at radius 2 is 1.78 bits per heavy atom. The first kappa shape index (κ1) is 13.3. The summed E-state index contributed by atoms with van der Waals surface area (Å²) in [6, 6.07) is 2.70. The molecule has 94 valence electrons. The maximum Gasteiger partial charge on any atom is 0.173 e. The van der Waals surface area contributed by atoms with Crippen LogP contribution < -0.4 is 0 Å². The zero-order chi connectivity index (χ0) is 13.3. The number of carbonyl (C=O) groups is 1. The smallest absolute Gasteiger partial charge is 0.173 e. The van der Waals surface area contributed by atoms with Crippen LogP contribution in [0.2, 0.25) is 0 Å². The molecule has 0 aliphatic rings. The molecule has 0 saturated carbocycles. The lowest BCUT2D eigenvalue weighted by atomic mass is 10.1. The molecule has 0 amide bonds. The number of Topliss-reactive ketones (excluding diaryl/α,β-unsaturated/α-hetero) is 1. The van der Waals surface area contributed by atoms with Crippen molar-refractivity contribution < 1.29 is 18.0 Å². The molecule has 1 nitrogen and oxygen atoms in total. The van der Waals surface area contributed by atoms with Gasteiger partial charge in [0.1, 0.15) is 17.5 Å². The van der Waals surface area contributed by atoms with Crippen molar-refractivity contribution in [2.24, 2.45) is 0 Å². The molecule has 0 unspecified atom stereocenters. The summed E-state index contributed by atoms with van der Waals surface area (Å²) in [4.78, 5) is 12.4. The highest BCUT2D eigenvalue weighted by atomic mass is 79.9. The first-order valence-electron chi connectivity index (χ1n) is 4.88. The van der Waals surface area contributed by atoms with Crippen molar-refractivity contribution in [2.45, 2.75) is 6.42 Å². The third kappa shape index (κ3) is 2.81. The summed E-state index contributed by atoms with van der Waals surface area (Å²) in [5, 5.41) is 1.76.